The number of hydrogen-bond acceptors (Lipinski definition) is 2. The van der Waals surface area contributed by atoms with Crippen LogP contribution in [0.1, 0.15) is 142 Å². The van der Waals surface area contributed by atoms with Crippen LogP contribution in [0.5, 0.6) is 0 Å². The number of aromatic nitrogens is 2. The molecule has 2 nitrogen and oxygen atoms in total. The number of unbranched alkanes of at least 4 members (excludes halogenated alkanes) is 18. The first-order valence-corrected chi connectivity index (χ1v) is 23.6. The highest BCUT2D eigenvalue weighted by Gasteiger charge is 2.18. The van der Waals surface area contributed by atoms with E-state index in [1.165, 1.54) is 193 Å². The van der Waals surface area contributed by atoms with E-state index in [-0.39, 0.29) is 0 Å². The Kier molecular flexibility index (Phi) is 14.4. The summed E-state index contributed by atoms with van der Waals surface area (Å²) in [4.78, 5) is 2.70. The minimum absolute atomic E-state index is 1.08. The molecular formula is C50H64N2S2. The molecule has 0 unspecified atom stereocenters. The molecule has 0 atom stereocenters. The molecule has 0 N–H and O–H groups in total. The number of aryl methyl sites for hydroxylation is 2. The zero-order valence-electron chi connectivity index (χ0n) is 33.4. The van der Waals surface area contributed by atoms with Crippen LogP contribution in [-0.4, -0.2) is 9.13 Å². The van der Waals surface area contributed by atoms with E-state index in [9.17, 15) is 0 Å². The third kappa shape index (κ3) is 9.36. The van der Waals surface area contributed by atoms with Gasteiger partial charge in [0, 0.05) is 66.5 Å². The lowest BCUT2D eigenvalue weighted by molar-refractivity contribution is 0.541. The molecule has 7 rings (SSSR count). The van der Waals surface area contributed by atoms with Gasteiger partial charge in [0.25, 0.3) is 0 Å². The maximum Gasteiger partial charge on any atom is 0.0499 e. The molecule has 0 fully saturated rings. The van der Waals surface area contributed by atoms with Gasteiger partial charge in [0.2, 0.25) is 0 Å². The fraction of sp³-hybridized carbons (Fsp3) is 0.480. The number of nitrogens with zero attached hydrogens (tertiary/aromatic N) is 2. The first kappa shape index (κ1) is 38.9. The van der Waals surface area contributed by atoms with Gasteiger partial charge in [-0.1, -0.05) is 154 Å². The largest absolute Gasteiger partial charge is 0.340 e. The summed E-state index contributed by atoms with van der Waals surface area (Å²) in [5.74, 6) is 0. The highest BCUT2D eigenvalue weighted by Crippen LogP contribution is 2.40. The number of fused-ring (bicyclic) bond motifs is 6. The molecule has 0 spiro atoms. The molecule has 0 aliphatic heterocycles. The van der Waals surface area contributed by atoms with Gasteiger partial charge in [-0.25, -0.2) is 0 Å². The zero-order valence-corrected chi connectivity index (χ0v) is 35.0. The van der Waals surface area contributed by atoms with Gasteiger partial charge in [0.05, 0.1) is 0 Å². The second-order valence-corrected chi connectivity index (χ2v) is 17.9. The van der Waals surface area contributed by atoms with Crippen LogP contribution in [0.2, 0.25) is 0 Å². The van der Waals surface area contributed by atoms with E-state index in [0.29, 0.717) is 0 Å². The number of rotatable bonds is 24. The van der Waals surface area contributed by atoms with Gasteiger partial charge in [-0.05, 0) is 83.3 Å². The van der Waals surface area contributed by atoms with Crippen LogP contribution in [0.3, 0.4) is 0 Å². The second kappa shape index (κ2) is 20.0. The van der Waals surface area contributed by atoms with Crippen molar-refractivity contribution in [3.05, 3.63) is 83.6 Å². The fourth-order valence-electron chi connectivity index (χ4n) is 8.88. The SMILES string of the molecule is CCCCCCCCCCCCn1c2ccc(-c3cccs3)cc2c2cc3c(cc21)c1cc(-c2cccs2)ccc1n3CCCCCCCCCCCC. The predicted octanol–water partition coefficient (Wildman–Crippen LogP) is 17.2. The van der Waals surface area contributed by atoms with Gasteiger partial charge in [-0.2, -0.15) is 0 Å². The topological polar surface area (TPSA) is 9.86 Å². The molecule has 0 saturated carbocycles. The first-order chi connectivity index (χ1) is 26.8. The molecule has 7 aromatic rings. The Morgan fingerprint density at radius 1 is 0.370 bits per heavy atom. The minimum Gasteiger partial charge on any atom is -0.340 e. The lowest BCUT2D eigenvalue weighted by atomic mass is 10.1. The molecule has 0 amide bonds. The van der Waals surface area contributed by atoms with Crippen molar-refractivity contribution in [2.24, 2.45) is 0 Å². The molecule has 54 heavy (non-hydrogen) atoms. The van der Waals surface area contributed by atoms with E-state index in [1.54, 1.807) is 0 Å². The number of benzene rings is 3. The standard InChI is InChI=1S/C50H64N2S2/c1-3-5-7-9-11-13-15-17-19-21-31-51-45-29-27-39(49-25-23-33-53-49)35-41(45)43-38-48-44(37-47(43)51)42-36-40(50-26-24-34-54-50)28-30-46(42)52(48)32-22-20-18-16-14-12-10-8-6-4-2/h23-30,33-38H,3-22,31-32H2,1-2H3. The Hall–Kier alpha value is -3.34. The van der Waals surface area contributed by atoms with Crippen LogP contribution in [0.15, 0.2) is 83.6 Å². The van der Waals surface area contributed by atoms with Crippen molar-refractivity contribution in [1.82, 2.24) is 9.13 Å². The fourth-order valence-corrected chi connectivity index (χ4v) is 10.3. The van der Waals surface area contributed by atoms with Gasteiger partial charge < -0.3 is 9.13 Å². The quantitative estimate of drug-likeness (QED) is 0.0544. The summed E-state index contributed by atoms with van der Waals surface area (Å²) in [6.45, 7) is 6.78. The normalized spacial score (nSPS) is 12.0. The summed E-state index contributed by atoms with van der Waals surface area (Å²) in [7, 11) is 0. The summed E-state index contributed by atoms with van der Waals surface area (Å²) >= 11 is 3.69. The van der Waals surface area contributed by atoms with E-state index in [2.05, 4.69) is 107 Å². The van der Waals surface area contributed by atoms with Gasteiger partial charge in [-0.15, -0.1) is 22.7 Å². The molecule has 0 aliphatic carbocycles. The van der Waals surface area contributed by atoms with Crippen molar-refractivity contribution in [1.29, 1.82) is 0 Å². The van der Waals surface area contributed by atoms with Crippen LogP contribution >= 0.6 is 22.7 Å². The van der Waals surface area contributed by atoms with Crippen LogP contribution in [0.4, 0.5) is 0 Å². The summed E-state index contributed by atoms with van der Waals surface area (Å²) < 4.78 is 5.34. The zero-order chi connectivity index (χ0) is 37.0. The molecule has 3 aromatic carbocycles. The van der Waals surface area contributed by atoms with Crippen LogP contribution in [0, 0.1) is 0 Å². The van der Waals surface area contributed by atoms with E-state index in [0.717, 1.165) is 13.1 Å². The van der Waals surface area contributed by atoms with Crippen molar-refractivity contribution in [3.63, 3.8) is 0 Å². The molecule has 4 aromatic heterocycles. The predicted molar refractivity (Wildman–Crippen MR) is 243 cm³/mol. The summed E-state index contributed by atoms with van der Waals surface area (Å²) in [6, 6.07) is 28.5. The van der Waals surface area contributed by atoms with E-state index in [1.807, 2.05) is 22.7 Å². The minimum atomic E-state index is 1.08. The molecule has 4 heterocycles. The van der Waals surface area contributed by atoms with E-state index >= 15 is 0 Å². The Bertz CT molecular complexity index is 2010. The Labute approximate surface area is 333 Å². The molecule has 0 bridgehead atoms. The Morgan fingerprint density at radius 3 is 1.07 bits per heavy atom. The van der Waals surface area contributed by atoms with Crippen molar-refractivity contribution in [2.75, 3.05) is 0 Å². The van der Waals surface area contributed by atoms with Crippen molar-refractivity contribution >= 4 is 66.3 Å². The number of thiophene rings is 2. The third-order valence-electron chi connectivity index (χ3n) is 11.9. The third-order valence-corrected chi connectivity index (χ3v) is 13.8. The van der Waals surface area contributed by atoms with E-state index in [4.69, 9.17) is 0 Å². The maximum atomic E-state index is 2.67. The van der Waals surface area contributed by atoms with Gasteiger partial charge in [0.1, 0.15) is 0 Å². The monoisotopic (exact) mass is 756 g/mol. The van der Waals surface area contributed by atoms with Crippen molar-refractivity contribution in [3.8, 4) is 20.9 Å². The average Bonchev–Trinajstić information content (AvgIpc) is 4.03. The number of hydrogen-bond donors (Lipinski definition) is 0. The highest BCUT2D eigenvalue weighted by molar-refractivity contribution is 7.13. The van der Waals surface area contributed by atoms with Crippen molar-refractivity contribution < 1.29 is 0 Å². The molecule has 0 saturated heterocycles. The van der Waals surface area contributed by atoms with Crippen LogP contribution < -0.4 is 0 Å². The second-order valence-electron chi connectivity index (χ2n) is 16.0. The average molecular weight is 757 g/mol. The summed E-state index contributed by atoms with van der Waals surface area (Å²) in [6.07, 6.45) is 27.4. The van der Waals surface area contributed by atoms with Crippen molar-refractivity contribution in [2.45, 2.75) is 155 Å². The maximum absolute atomic E-state index is 2.67. The molecule has 0 aliphatic rings. The summed E-state index contributed by atoms with van der Waals surface area (Å²) in [5.41, 5.74) is 8.24. The lowest BCUT2D eigenvalue weighted by Crippen LogP contribution is -1.99. The Balaban J connectivity index is 1.19. The Morgan fingerprint density at radius 2 is 0.722 bits per heavy atom. The molecule has 0 radical (unpaired) electrons. The van der Waals surface area contributed by atoms with Crippen LogP contribution in [-0.2, 0) is 13.1 Å². The van der Waals surface area contributed by atoms with Gasteiger partial charge in [-0.3, -0.25) is 0 Å². The molecule has 4 heteroatoms. The lowest BCUT2D eigenvalue weighted by Gasteiger charge is -2.09. The summed E-state index contributed by atoms with van der Waals surface area (Å²) in [5, 5.41) is 10.0. The van der Waals surface area contributed by atoms with Crippen LogP contribution in [0.25, 0.3) is 64.5 Å². The molecule has 286 valence electrons. The first-order valence-electron chi connectivity index (χ1n) is 21.9. The molecular weight excluding hydrogens is 693 g/mol. The van der Waals surface area contributed by atoms with Gasteiger partial charge in [0.15, 0.2) is 0 Å². The van der Waals surface area contributed by atoms with E-state index < -0.39 is 0 Å². The smallest absolute Gasteiger partial charge is 0.0499 e. The highest BCUT2D eigenvalue weighted by atomic mass is 32.1. The van der Waals surface area contributed by atoms with Gasteiger partial charge >= 0.3 is 0 Å².